The Kier molecular flexibility index (Phi) is 8.59. The molecule has 0 bridgehead atoms. The highest BCUT2D eigenvalue weighted by molar-refractivity contribution is 6.18. The highest BCUT2D eigenvalue weighted by Crippen LogP contribution is 2.19. The number of anilines is 3. The van der Waals surface area contributed by atoms with Crippen molar-refractivity contribution in [2.75, 3.05) is 40.8 Å². The van der Waals surface area contributed by atoms with E-state index in [2.05, 4.69) is 34.5 Å². The van der Waals surface area contributed by atoms with E-state index in [4.69, 9.17) is 28.9 Å². The average Bonchev–Trinajstić information content (AvgIpc) is 2.64. The fourth-order valence-corrected chi connectivity index (χ4v) is 3.13. The van der Waals surface area contributed by atoms with E-state index in [-0.39, 0.29) is 5.91 Å². The lowest BCUT2D eigenvalue weighted by Crippen LogP contribution is -2.27. The third-order valence-electron chi connectivity index (χ3n) is 4.11. The van der Waals surface area contributed by atoms with E-state index in [9.17, 15) is 4.79 Å². The molecule has 0 saturated carbocycles. The van der Waals surface area contributed by atoms with Crippen LogP contribution in [-0.2, 0) is 11.2 Å². The van der Waals surface area contributed by atoms with Gasteiger partial charge < -0.3 is 16.0 Å². The van der Waals surface area contributed by atoms with E-state index < -0.39 is 0 Å². The van der Waals surface area contributed by atoms with Crippen molar-refractivity contribution in [3.8, 4) is 0 Å². The molecule has 0 aliphatic heterocycles. The molecule has 2 rings (SSSR count). The maximum atomic E-state index is 12.0. The number of para-hydroxylation sites is 2. The van der Waals surface area contributed by atoms with Crippen molar-refractivity contribution >= 4 is 46.2 Å². The van der Waals surface area contributed by atoms with E-state index >= 15 is 0 Å². The van der Waals surface area contributed by atoms with Crippen LogP contribution in [0.1, 0.15) is 18.4 Å². The first-order valence-electron chi connectivity index (χ1n) is 8.74. The number of aryl methyl sites for hydroxylation is 1. The van der Waals surface area contributed by atoms with Gasteiger partial charge in [-0.1, -0.05) is 24.3 Å². The molecular weight excluding hydrogens is 369 g/mol. The number of nitrogen functional groups attached to an aromatic ring is 1. The van der Waals surface area contributed by atoms with Crippen LogP contribution in [0.25, 0.3) is 0 Å². The molecule has 0 spiro atoms. The van der Waals surface area contributed by atoms with Gasteiger partial charge in [0.15, 0.2) is 0 Å². The SMILES string of the molecule is Nc1ccccc1NC(=O)CCCc1ccc(N(CCCl)CCCl)cc1. The highest BCUT2D eigenvalue weighted by Gasteiger charge is 2.07. The van der Waals surface area contributed by atoms with Crippen molar-refractivity contribution in [3.05, 3.63) is 54.1 Å². The first kappa shape index (κ1) is 20.4. The molecule has 0 heterocycles. The molecule has 0 atom stereocenters. The van der Waals surface area contributed by atoms with E-state index in [0.717, 1.165) is 31.6 Å². The third-order valence-corrected chi connectivity index (χ3v) is 4.45. The number of carbonyl (C=O) groups is 1. The van der Waals surface area contributed by atoms with E-state index in [1.165, 1.54) is 5.56 Å². The van der Waals surface area contributed by atoms with Gasteiger partial charge in [-0.25, -0.2) is 0 Å². The number of nitrogens with one attached hydrogen (secondary N) is 1. The van der Waals surface area contributed by atoms with Gasteiger partial charge in [0.25, 0.3) is 0 Å². The fourth-order valence-electron chi connectivity index (χ4n) is 2.72. The summed E-state index contributed by atoms with van der Waals surface area (Å²) in [6.45, 7) is 1.55. The maximum Gasteiger partial charge on any atom is 0.224 e. The zero-order valence-corrected chi connectivity index (χ0v) is 16.3. The van der Waals surface area contributed by atoms with Crippen LogP contribution in [0, 0.1) is 0 Å². The van der Waals surface area contributed by atoms with Crippen molar-refractivity contribution in [1.29, 1.82) is 0 Å². The number of nitrogens with zero attached hydrogens (tertiary/aromatic N) is 1. The standard InChI is InChI=1S/C20H25Cl2N3O/c21-12-14-25(15-13-22)17-10-8-16(9-11-17)4-3-7-20(26)24-19-6-2-1-5-18(19)23/h1-2,5-6,8-11H,3-4,7,12-15,23H2,(H,24,26). The Balaban J connectivity index is 1.80. The van der Waals surface area contributed by atoms with Crippen LogP contribution in [0.3, 0.4) is 0 Å². The van der Waals surface area contributed by atoms with Gasteiger partial charge in [-0.3, -0.25) is 4.79 Å². The number of hydrogen-bond acceptors (Lipinski definition) is 3. The lowest BCUT2D eigenvalue weighted by molar-refractivity contribution is -0.116. The average molecular weight is 394 g/mol. The van der Waals surface area contributed by atoms with E-state index in [0.29, 0.717) is 29.6 Å². The van der Waals surface area contributed by atoms with Crippen molar-refractivity contribution in [3.63, 3.8) is 0 Å². The number of nitrogens with two attached hydrogens (primary N) is 1. The van der Waals surface area contributed by atoms with Gasteiger partial charge in [-0.05, 0) is 42.7 Å². The van der Waals surface area contributed by atoms with Gasteiger partial charge in [0, 0.05) is 37.0 Å². The van der Waals surface area contributed by atoms with E-state index in [1.54, 1.807) is 12.1 Å². The molecule has 0 radical (unpaired) electrons. The maximum absolute atomic E-state index is 12.0. The number of benzene rings is 2. The molecule has 140 valence electrons. The van der Waals surface area contributed by atoms with Gasteiger partial charge in [0.1, 0.15) is 0 Å². The summed E-state index contributed by atoms with van der Waals surface area (Å²) in [4.78, 5) is 14.2. The summed E-state index contributed by atoms with van der Waals surface area (Å²) in [5.41, 5.74) is 9.40. The number of hydrogen-bond donors (Lipinski definition) is 2. The second-order valence-corrected chi connectivity index (χ2v) is 6.78. The molecule has 0 fully saturated rings. The minimum absolute atomic E-state index is 0.0186. The zero-order valence-electron chi connectivity index (χ0n) is 14.8. The summed E-state index contributed by atoms with van der Waals surface area (Å²) in [7, 11) is 0. The van der Waals surface area contributed by atoms with Crippen LogP contribution in [-0.4, -0.2) is 30.8 Å². The number of amides is 1. The molecule has 4 nitrogen and oxygen atoms in total. The van der Waals surface area contributed by atoms with Gasteiger partial charge in [0.05, 0.1) is 11.4 Å². The van der Waals surface area contributed by atoms with Crippen molar-refractivity contribution in [2.45, 2.75) is 19.3 Å². The quantitative estimate of drug-likeness (QED) is 0.460. The van der Waals surface area contributed by atoms with Crippen molar-refractivity contribution in [1.82, 2.24) is 0 Å². The Morgan fingerprint density at radius 1 is 1.00 bits per heavy atom. The van der Waals surface area contributed by atoms with Crippen LogP contribution >= 0.6 is 23.2 Å². The topological polar surface area (TPSA) is 58.4 Å². The number of alkyl halides is 2. The molecule has 1 amide bonds. The van der Waals surface area contributed by atoms with Crippen LogP contribution in [0.15, 0.2) is 48.5 Å². The smallest absolute Gasteiger partial charge is 0.224 e. The Morgan fingerprint density at radius 2 is 1.65 bits per heavy atom. The Bertz CT molecular complexity index is 686. The third kappa shape index (κ3) is 6.43. The fraction of sp³-hybridized carbons (Fsp3) is 0.350. The monoisotopic (exact) mass is 393 g/mol. The molecule has 0 aromatic heterocycles. The summed E-state index contributed by atoms with van der Waals surface area (Å²) >= 11 is 11.7. The van der Waals surface area contributed by atoms with Gasteiger partial charge >= 0.3 is 0 Å². The molecule has 0 aliphatic rings. The van der Waals surface area contributed by atoms with Gasteiger partial charge in [-0.2, -0.15) is 0 Å². The first-order valence-corrected chi connectivity index (χ1v) is 9.81. The molecule has 0 saturated heterocycles. The zero-order chi connectivity index (χ0) is 18.8. The number of rotatable bonds is 10. The Labute approximate surface area is 165 Å². The van der Waals surface area contributed by atoms with Gasteiger partial charge in [0.2, 0.25) is 5.91 Å². The number of halogens is 2. The summed E-state index contributed by atoms with van der Waals surface area (Å²) in [5.74, 6) is 1.12. The molecule has 26 heavy (non-hydrogen) atoms. The highest BCUT2D eigenvalue weighted by atomic mass is 35.5. The Hall–Kier alpha value is -1.91. The normalized spacial score (nSPS) is 10.5. The lowest BCUT2D eigenvalue weighted by atomic mass is 10.1. The largest absolute Gasteiger partial charge is 0.397 e. The second kappa shape index (κ2) is 10.9. The van der Waals surface area contributed by atoms with Crippen LogP contribution in [0.2, 0.25) is 0 Å². The predicted octanol–water partition coefficient (Wildman–Crippen LogP) is 4.51. The van der Waals surface area contributed by atoms with Crippen LogP contribution < -0.4 is 16.0 Å². The molecule has 6 heteroatoms. The summed E-state index contributed by atoms with van der Waals surface area (Å²) in [6.07, 6.45) is 2.09. The minimum atomic E-state index is -0.0186. The van der Waals surface area contributed by atoms with Crippen LogP contribution in [0.4, 0.5) is 17.1 Å². The van der Waals surface area contributed by atoms with Crippen molar-refractivity contribution < 1.29 is 4.79 Å². The molecular formula is C20H25Cl2N3O. The summed E-state index contributed by atoms with van der Waals surface area (Å²) < 4.78 is 0. The first-order chi connectivity index (χ1) is 12.6. The van der Waals surface area contributed by atoms with Gasteiger partial charge in [-0.15, -0.1) is 23.2 Å². The second-order valence-electron chi connectivity index (χ2n) is 6.02. The summed E-state index contributed by atoms with van der Waals surface area (Å²) in [6, 6.07) is 15.6. The predicted molar refractivity (Wildman–Crippen MR) is 113 cm³/mol. The van der Waals surface area contributed by atoms with E-state index in [1.807, 2.05) is 12.1 Å². The van der Waals surface area contributed by atoms with Crippen molar-refractivity contribution in [2.24, 2.45) is 0 Å². The lowest BCUT2D eigenvalue weighted by Gasteiger charge is -2.23. The molecule has 0 unspecified atom stereocenters. The summed E-state index contributed by atoms with van der Waals surface area (Å²) in [5, 5.41) is 2.85. The Morgan fingerprint density at radius 3 is 2.27 bits per heavy atom. The minimum Gasteiger partial charge on any atom is -0.397 e. The molecule has 2 aromatic carbocycles. The molecule has 2 aromatic rings. The molecule has 0 aliphatic carbocycles. The molecule has 3 N–H and O–H groups in total. The van der Waals surface area contributed by atoms with Crippen LogP contribution in [0.5, 0.6) is 0 Å². The number of carbonyl (C=O) groups excluding carboxylic acids is 1.